The van der Waals surface area contributed by atoms with E-state index >= 15 is 0 Å². The van der Waals surface area contributed by atoms with Crippen LogP contribution in [0.4, 0.5) is 0 Å². The average molecular weight is 153 g/mol. The molecule has 1 rings (SSSR count). The van der Waals surface area contributed by atoms with E-state index in [9.17, 15) is 0 Å². The van der Waals surface area contributed by atoms with Gasteiger partial charge in [-0.05, 0) is 19.3 Å². The van der Waals surface area contributed by atoms with Gasteiger partial charge in [0.2, 0.25) is 0 Å². The Bertz CT molecular complexity index is 158. The van der Waals surface area contributed by atoms with Gasteiger partial charge in [-0.15, -0.1) is 0 Å². The van der Waals surface area contributed by atoms with Gasteiger partial charge in [-0.1, -0.05) is 31.9 Å². The maximum absolute atomic E-state index is 3.53. The molecule has 0 aromatic carbocycles. The first-order chi connectivity index (χ1) is 5.33. The van der Waals surface area contributed by atoms with Crippen LogP contribution < -0.4 is 5.32 Å². The maximum atomic E-state index is 3.53. The summed E-state index contributed by atoms with van der Waals surface area (Å²) in [6.07, 6.45) is 3.70. The second-order valence-corrected chi connectivity index (χ2v) is 3.18. The molecule has 0 aliphatic carbocycles. The van der Waals surface area contributed by atoms with Crippen LogP contribution in [0.2, 0.25) is 0 Å². The zero-order valence-electron chi connectivity index (χ0n) is 7.91. The molecule has 1 nitrogen and oxygen atoms in total. The lowest BCUT2D eigenvalue weighted by atomic mass is 10.00. The van der Waals surface area contributed by atoms with Crippen molar-refractivity contribution in [2.24, 2.45) is 0 Å². The molecule has 1 atom stereocenters. The Kier molecular flexibility index (Phi) is 3.13. The summed E-state index contributed by atoms with van der Waals surface area (Å²) in [6, 6.07) is 0.690. The van der Waals surface area contributed by atoms with Crippen molar-refractivity contribution < 1.29 is 0 Å². The summed E-state index contributed by atoms with van der Waals surface area (Å²) in [4.78, 5) is 0. The lowest BCUT2D eigenvalue weighted by Crippen LogP contribution is -2.23. The highest BCUT2D eigenvalue weighted by Gasteiger charge is 2.19. The summed E-state index contributed by atoms with van der Waals surface area (Å²) >= 11 is 0. The molecule has 0 aromatic rings. The van der Waals surface area contributed by atoms with Gasteiger partial charge in [0.15, 0.2) is 0 Å². The van der Waals surface area contributed by atoms with Crippen molar-refractivity contribution in [2.75, 3.05) is 6.54 Å². The van der Waals surface area contributed by atoms with Gasteiger partial charge >= 0.3 is 0 Å². The average Bonchev–Trinajstić information content (AvgIpc) is 2.45. The van der Waals surface area contributed by atoms with E-state index in [0.717, 1.165) is 6.54 Å². The van der Waals surface area contributed by atoms with Crippen molar-refractivity contribution >= 4 is 0 Å². The van der Waals surface area contributed by atoms with Crippen molar-refractivity contribution in [1.29, 1.82) is 0 Å². The molecule has 1 heterocycles. The summed E-state index contributed by atoms with van der Waals surface area (Å²) < 4.78 is 0. The van der Waals surface area contributed by atoms with E-state index < -0.39 is 0 Å². The van der Waals surface area contributed by atoms with E-state index in [1.54, 1.807) is 11.1 Å². The normalized spacial score (nSPS) is 24.8. The zero-order chi connectivity index (χ0) is 8.27. The van der Waals surface area contributed by atoms with E-state index in [-0.39, 0.29) is 0 Å². The Morgan fingerprint density at radius 3 is 2.45 bits per heavy atom. The second-order valence-electron chi connectivity index (χ2n) is 3.18. The largest absolute Gasteiger partial charge is 0.307 e. The minimum atomic E-state index is 0.690. The number of hydrogen-bond acceptors (Lipinski definition) is 1. The van der Waals surface area contributed by atoms with E-state index in [2.05, 4.69) is 26.1 Å². The molecule has 1 N–H and O–H groups in total. The summed E-state index contributed by atoms with van der Waals surface area (Å²) in [6.45, 7) is 7.91. The van der Waals surface area contributed by atoms with Crippen molar-refractivity contribution in [3.05, 3.63) is 11.1 Å². The van der Waals surface area contributed by atoms with Gasteiger partial charge in [-0.3, -0.25) is 0 Å². The highest BCUT2D eigenvalue weighted by molar-refractivity contribution is 5.26. The fourth-order valence-corrected chi connectivity index (χ4v) is 1.97. The smallest absolute Gasteiger partial charge is 0.0282 e. The minimum absolute atomic E-state index is 0.690. The molecule has 0 amide bonds. The topological polar surface area (TPSA) is 12.0 Å². The van der Waals surface area contributed by atoms with Crippen LogP contribution in [0.15, 0.2) is 11.1 Å². The molecular weight excluding hydrogens is 134 g/mol. The Labute approximate surface area is 69.9 Å². The monoisotopic (exact) mass is 153 g/mol. The standard InChI is InChI=1S/C10H19N/c1-4-8-7-11-10(6-3)9(8)5-2/h10-11H,4-7H2,1-3H3. The first kappa shape index (κ1) is 8.79. The first-order valence-corrected chi connectivity index (χ1v) is 4.77. The highest BCUT2D eigenvalue weighted by atomic mass is 14.9. The van der Waals surface area contributed by atoms with E-state index in [1.165, 1.54) is 19.3 Å². The molecule has 0 fully saturated rings. The third-order valence-electron chi connectivity index (χ3n) is 2.65. The number of hydrogen-bond donors (Lipinski definition) is 1. The molecule has 0 saturated carbocycles. The molecule has 0 bridgehead atoms. The molecule has 1 aliphatic heterocycles. The van der Waals surface area contributed by atoms with Crippen LogP contribution in [0.1, 0.15) is 40.0 Å². The van der Waals surface area contributed by atoms with Crippen LogP contribution in [0.3, 0.4) is 0 Å². The molecule has 1 heteroatoms. The Balaban J connectivity index is 2.70. The minimum Gasteiger partial charge on any atom is -0.307 e. The fourth-order valence-electron chi connectivity index (χ4n) is 1.97. The van der Waals surface area contributed by atoms with Crippen LogP contribution >= 0.6 is 0 Å². The third-order valence-corrected chi connectivity index (χ3v) is 2.65. The van der Waals surface area contributed by atoms with Gasteiger partial charge in [-0.2, -0.15) is 0 Å². The fraction of sp³-hybridized carbons (Fsp3) is 0.800. The molecule has 0 spiro atoms. The summed E-state index contributed by atoms with van der Waals surface area (Å²) in [5.74, 6) is 0. The van der Waals surface area contributed by atoms with Crippen LogP contribution in [0.5, 0.6) is 0 Å². The predicted molar refractivity (Wildman–Crippen MR) is 49.7 cm³/mol. The van der Waals surface area contributed by atoms with Gasteiger partial charge in [0, 0.05) is 12.6 Å². The quantitative estimate of drug-likeness (QED) is 0.614. The molecule has 1 unspecified atom stereocenters. The highest BCUT2D eigenvalue weighted by Crippen LogP contribution is 2.23. The molecule has 0 aromatic heterocycles. The van der Waals surface area contributed by atoms with Gasteiger partial charge in [0.25, 0.3) is 0 Å². The van der Waals surface area contributed by atoms with Crippen molar-refractivity contribution in [2.45, 2.75) is 46.1 Å². The lowest BCUT2D eigenvalue weighted by Gasteiger charge is -2.11. The third kappa shape index (κ3) is 1.64. The predicted octanol–water partition coefficient (Wildman–Crippen LogP) is 2.48. The van der Waals surface area contributed by atoms with Crippen molar-refractivity contribution in [1.82, 2.24) is 5.32 Å². The van der Waals surface area contributed by atoms with Crippen molar-refractivity contribution in [3.8, 4) is 0 Å². The van der Waals surface area contributed by atoms with Crippen LogP contribution in [0, 0.1) is 0 Å². The summed E-state index contributed by atoms with van der Waals surface area (Å²) in [5.41, 5.74) is 3.33. The molecule has 1 aliphatic rings. The number of nitrogens with one attached hydrogen (secondary N) is 1. The lowest BCUT2D eigenvalue weighted by molar-refractivity contribution is 0.613. The summed E-state index contributed by atoms with van der Waals surface area (Å²) in [7, 11) is 0. The molecule has 0 saturated heterocycles. The first-order valence-electron chi connectivity index (χ1n) is 4.77. The Morgan fingerprint density at radius 1 is 1.27 bits per heavy atom. The maximum Gasteiger partial charge on any atom is 0.0282 e. The Hall–Kier alpha value is -0.300. The zero-order valence-corrected chi connectivity index (χ0v) is 7.91. The molecule has 64 valence electrons. The molecule has 11 heavy (non-hydrogen) atoms. The molecular formula is C10H19N. The van der Waals surface area contributed by atoms with E-state index in [0.29, 0.717) is 6.04 Å². The van der Waals surface area contributed by atoms with E-state index in [1.807, 2.05) is 0 Å². The van der Waals surface area contributed by atoms with Crippen LogP contribution in [-0.2, 0) is 0 Å². The summed E-state index contributed by atoms with van der Waals surface area (Å²) in [5, 5.41) is 3.53. The Morgan fingerprint density at radius 2 is 2.00 bits per heavy atom. The number of rotatable bonds is 3. The van der Waals surface area contributed by atoms with Gasteiger partial charge in [0.05, 0.1) is 0 Å². The van der Waals surface area contributed by atoms with E-state index in [4.69, 9.17) is 0 Å². The van der Waals surface area contributed by atoms with Gasteiger partial charge in [-0.25, -0.2) is 0 Å². The van der Waals surface area contributed by atoms with Crippen LogP contribution in [0.25, 0.3) is 0 Å². The molecule has 0 radical (unpaired) electrons. The van der Waals surface area contributed by atoms with Gasteiger partial charge in [0.1, 0.15) is 0 Å². The van der Waals surface area contributed by atoms with Gasteiger partial charge < -0.3 is 5.32 Å². The van der Waals surface area contributed by atoms with Crippen LogP contribution in [-0.4, -0.2) is 12.6 Å². The SMILES string of the molecule is CCC1=C(CC)C(CC)NC1. The second kappa shape index (κ2) is 3.91. The van der Waals surface area contributed by atoms with Crippen molar-refractivity contribution in [3.63, 3.8) is 0 Å².